The molecule has 4 nitrogen and oxygen atoms in total. The molecular weight excluding hydrogens is 274 g/mol. The summed E-state index contributed by atoms with van der Waals surface area (Å²) in [4.78, 5) is 15.0. The molecule has 0 heterocycles. The number of amides is 1. The van der Waals surface area contributed by atoms with Crippen LogP contribution in [-0.4, -0.2) is 29.9 Å². The van der Waals surface area contributed by atoms with Gasteiger partial charge in [0, 0.05) is 24.5 Å². The summed E-state index contributed by atoms with van der Waals surface area (Å²) in [5.41, 5.74) is 7.19. The molecule has 0 fully saturated rings. The SMILES string of the molecule is CCC(C(=O)Nc1cccc(N)c1)N(CC(C)C)CC(C)C. The normalized spacial score (nSPS) is 12.9. The molecule has 0 aliphatic rings. The maximum absolute atomic E-state index is 12.7. The minimum absolute atomic E-state index is 0.0504. The number of carbonyl (C=O) groups is 1. The number of nitrogens with two attached hydrogens (primary N) is 1. The van der Waals surface area contributed by atoms with E-state index in [1.165, 1.54) is 0 Å². The maximum atomic E-state index is 12.7. The smallest absolute Gasteiger partial charge is 0.241 e. The van der Waals surface area contributed by atoms with Crippen LogP contribution in [0.1, 0.15) is 41.0 Å². The molecule has 0 radical (unpaired) electrons. The van der Waals surface area contributed by atoms with Crippen molar-refractivity contribution in [1.29, 1.82) is 0 Å². The number of benzene rings is 1. The minimum Gasteiger partial charge on any atom is -0.399 e. The van der Waals surface area contributed by atoms with Gasteiger partial charge in [-0.25, -0.2) is 0 Å². The summed E-state index contributed by atoms with van der Waals surface area (Å²) in [5, 5.41) is 3.00. The summed E-state index contributed by atoms with van der Waals surface area (Å²) in [6, 6.07) is 7.23. The Bertz CT molecular complexity index is 461. The topological polar surface area (TPSA) is 58.4 Å². The van der Waals surface area contributed by atoms with E-state index in [0.29, 0.717) is 17.5 Å². The molecule has 1 atom stereocenters. The van der Waals surface area contributed by atoms with Crippen LogP contribution >= 0.6 is 0 Å². The minimum atomic E-state index is -0.105. The van der Waals surface area contributed by atoms with Crippen molar-refractivity contribution in [3.63, 3.8) is 0 Å². The Labute approximate surface area is 135 Å². The van der Waals surface area contributed by atoms with Crippen molar-refractivity contribution in [2.75, 3.05) is 24.1 Å². The van der Waals surface area contributed by atoms with E-state index in [-0.39, 0.29) is 11.9 Å². The number of rotatable bonds is 8. The zero-order valence-corrected chi connectivity index (χ0v) is 14.6. The molecule has 1 amide bonds. The molecule has 1 unspecified atom stereocenters. The second-order valence-electron chi connectivity index (χ2n) is 6.78. The van der Waals surface area contributed by atoms with Gasteiger partial charge in [0.05, 0.1) is 6.04 Å². The number of anilines is 2. The van der Waals surface area contributed by atoms with E-state index >= 15 is 0 Å². The first-order valence-electron chi connectivity index (χ1n) is 8.23. The zero-order chi connectivity index (χ0) is 16.7. The Morgan fingerprint density at radius 3 is 2.23 bits per heavy atom. The average Bonchev–Trinajstić information content (AvgIpc) is 2.37. The lowest BCUT2D eigenvalue weighted by Gasteiger charge is -2.32. The van der Waals surface area contributed by atoms with Gasteiger partial charge in [-0.2, -0.15) is 0 Å². The number of nitrogen functional groups attached to an aromatic ring is 1. The summed E-state index contributed by atoms with van der Waals surface area (Å²) in [6.45, 7) is 12.7. The van der Waals surface area contributed by atoms with Gasteiger partial charge in [0.25, 0.3) is 0 Å². The molecule has 124 valence electrons. The van der Waals surface area contributed by atoms with E-state index in [4.69, 9.17) is 5.73 Å². The van der Waals surface area contributed by atoms with E-state index in [2.05, 4.69) is 44.8 Å². The Morgan fingerprint density at radius 1 is 1.18 bits per heavy atom. The molecule has 4 heteroatoms. The fraction of sp³-hybridized carbons (Fsp3) is 0.611. The van der Waals surface area contributed by atoms with Gasteiger partial charge in [-0.1, -0.05) is 40.7 Å². The largest absolute Gasteiger partial charge is 0.399 e. The van der Waals surface area contributed by atoms with Crippen molar-refractivity contribution in [3.8, 4) is 0 Å². The van der Waals surface area contributed by atoms with Gasteiger partial charge in [-0.05, 0) is 36.5 Å². The van der Waals surface area contributed by atoms with E-state index < -0.39 is 0 Å². The highest BCUT2D eigenvalue weighted by Gasteiger charge is 2.25. The first kappa shape index (κ1) is 18.5. The molecule has 0 aliphatic carbocycles. The molecule has 1 rings (SSSR count). The van der Waals surface area contributed by atoms with Gasteiger partial charge < -0.3 is 11.1 Å². The average molecular weight is 305 g/mol. The Kier molecular flexibility index (Phi) is 7.39. The third kappa shape index (κ3) is 6.06. The summed E-state index contributed by atoms with van der Waals surface area (Å²) < 4.78 is 0. The predicted octanol–water partition coefficient (Wildman–Crippen LogP) is 3.60. The monoisotopic (exact) mass is 305 g/mol. The lowest BCUT2D eigenvalue weighted by atomic mass is 10.1. The van der Waals surface area contributed by atoms with Gasteiger partial charge in [0.1, 0.15) is 0 Å². The van der Waals surface area contributed by atoms with Crippen LogP contribution < -0.4 is 11.1 Å². The van der Waals surface area contributed by atoms with E-state index in [1.807, 2.05) is 18.2 Å². The zero-order valence-electron chi connectivity index (χ0n) is 14.6. The van der Waals surface area contributed by atoms with E-state index in [9.17, 15) is 4.79 Å². The molecule has 0 saturated heterocycles. The third-order valence-corrected chi connectivity index (χ3v) is 3.48. The molecule has 0 saturated carbocycles. The maximum Gasteiger partial charge on any atom is 0.241 e. The molecule has 1 aromatic carbocycles. The van der Waals surface area contributed by atoms with Crippen LogP contribution in [0.5, 0.6) is 0 Å². The predicted molar refractivity (Wildman–Crippen MR) is 94.8 cm³/mol. The Morgan fingerprint density at radius 2 is 1.77 bits per heavy atom. The number of carbonyl (C=O) groups excluding carboxylic acids is 1. The van der Waals surface area contributed by atoms with Crippen LogP contribution in [0, 0.1) is 11.8 Å². The number of nitrogens with one attached hydrogen (secondary N) is 1. The number of hydrogen-bond acceptors (Lipinski definition) is 3. The highest BCUT2D eigenvalue weighted by Crippen LogP contribution is 2.16. The quantitative estimate of drug-likeness (QED) is 0.721. The van der Waals surface area contributed by atoms with Crippen LogP contribution in [0.4, 0.5) is 11.4 Å². The number of nitrogens with zero attached hydrogens (tertiary/aromatic N) is 1. The van der Waals surface area contributed by atoms with Gasteiger partial charge in [0.15, 0.2) is 0 Å². The van der Waals surface area contributed by atoms with Crippen molar-refractivity contribution in [2.24, 2.45) is 11.8 Å². The first-order chi connectivity index (χ1) is 10.3. The highest BCUT2D eigenvalue weighted by molar-refractivity contribution is 5.95. The van der Waals surface area contributed by atoms with Gasteiger partial charge >= 0.3 is 0 Å². The summed E-state index contributed by atoms with van der Waals surface area (Å²) in [5.74, 6) is 1.12. The van der Waals surface area contributed by atoms with E-state index in [1.54, 1.807) is 6.07 Å². The van der Waals surface area contributed by atoms with Gasteiger partial charge in [-0.3, -0.25) is 9.69 Å². The second kappa shape index (κ2) is 8.79. The van der Waals surface area contributed by atoms with Gasteiger partial charge in [0.2, 0.25) is 5.91 Å². The molecule has 0 aliphatic heterocycles. The third-order valence-electron chi connectivity index (χ3n) is 3.48. The fourth-order valence-electron chi connectivity index (χ4n) is 2.72. The van der Waals surface area contributed by atoms with Crippen molar-refractivity contribution >= 4 is 17.3 Å². The summed E-state index contributed by atoms with van der Waals surface area (Å²) >= 11 is 0. The molecule has 3 N–H and O–H groups in total. The summed E-state index contributed by atoms with van der Waals surface area (Å²) in [6.07, 6.45) is 0.799. The molecule has 0 bridgehead atoms. The Balaban J connectivity index is 2.83. The van der Waals surface area contributed by atoms with Crippen LogP contribution in [0.2, 0.25) is 0 Å². The Hall–Kier alpha value is -1.55. The lowest BCUT2D eigenvalue weighted by molar-refractivity contribution is -0.121. The summed E-state index contributed by atoms with van der Waals surface area (Å²) in [7, 11) is 0. The van der Waals surface area contributed by atoms with Crippen molar-refractivity contribution in [1.82, 2.24) is 4.90 Å². The van der Waals surface area contributed by atoms with Crippen LogP contribution in [0.3, 0.4) is 0 Å². The van der Waals surface area contributed by atoms with Gasteiger partial charge in [-0.15, -0.1) is 0 Å². The molecular formula is C18H31N3O. The lowest BCUT2D eigenvalue weighted by Crippen LogP contribution is -2.46. The van der Waals surface area contributed by atoms with Crippen molar-refractivity contribution in [3.05, 3.63) is 24.3 Å². The second-order valence-corrected chi connectivity index (χ2v) is 6.78. The highest BCUT2D eigenvalue weighted by atomic mass is 16.2. The first-order valence-corrected chi connectivity index (χ1v) is 8.23. The van der Waals surface area contributed by atoms with Crippen molar-refractivity contribution in [2.45, 2.75) is 47.1 Å². The fourth-order valence-corrected chi connectivity index (χ4v) is 2.72. The molecule has 1 aromatic rings. The van der Waals surface area contributed by atoms with Crippen molar-refractivity contribution < 1.29 is 4.79 Å². The molecule has 22 heavy (non-hydrogen) atoms. The van der Waals surface area contributed by atoms with Crippen LogP contribution in [0.15, 0.2) is 24.3 Å². The molecule has 0 spiro atoms. The van der Waals surface area contributed by atoms with Crippen LogP contribution in [0.25, 0.3) is 0 Å². The van der Waals surface area contributed by atoms with Crippen LogP contribution in [-0.2, 0) is 4.79 Å². The number of hydrogen-bond donors (Lipinski definition) is 2. The molecule has 0 aromatic heterocycles. The standard InChI is InChI=1S/C18H31N3O/c1-6-17(21(11-13(2)3)12-14(4)5)18(22)20-16-9-7-8-15(19)10-16/h7-10,13-14,17H,6,11-12,19H2,1-5H3,(H,20,22). The van der Waals surface area contributed by atoms with E-state index in [0.717, 1.165) is 25.2 Å².